The average Bonchev–Trinajstić information content (AvgIpc) is 3.00. The van der Waals surface area contributed by atoms with Crippen LogP contribution in [0.15, 0.2) is 30.3 Å². The lowest BCUT2D eigenvalue weighted by Gasteiger charge is -2.11. The lowest BCUT2D eigenvalue weighted by molar-refractivity contribution is 0.174. The highest BCUT2D eigenvalue weighted by atomic mass is 35.5. The van der Waals surface area contributed by atoms with E-state index in [0.29, 0.717) is 22.9 Å². The molecule has 0 saturated carbocycles. The second-order valence-corrected chi connectivity index (χ2v) is 5.74. The summed E-state index contributed by atoms with van der Waals surface area (Å²) in [6.07, 6.45) is 0. The third-order valence-corrected chi connectivity index (χ3v) is 4.11. The zero-order valence-electron chi connectivity index (χ0n) is 13.3. The summed E-state index contributed by atoms with van der Waals surface area (Å²) in [7, 11) is 0. The SMILES string of the molecule is Cc1cc(OCNC(=O)Nc2ccc3c(c2)OCO3)cc(C)c1Cl. The van der Waals surface area contributed by atoms with E-state index in [9.17, 15) is 4.79 Å². The molecule has 1 heterocycles. The van der Waals surface area contributed by atoms with E-state index < -0.39 is 0 Å². The summed E-state index contributed by atoms with van der Waals surface area (Å²) in [4.78, 5) is 11.9. The normalized spacial score (nSPS) is 12.0. The minimum Gasteiger partial charge on any atom is -0.473 e. The number of halogens is 1. The van der Waals surface area contributed by atoms with Gasteiger partial charge in [0.05, 0.1) is 0 Å². The molecule has 2 amide bonds. The number of nitrogens with one attached hydrogen (secondary N) is 2. The lowest BCUT2D eigenvalue weighted by atomic mass is 10.1. The highest BCUT2D eigenvalue weighted by Gasteiger charge is 2.14. The van der Waals surface area contributed by atoms with Crippen LogP contribution in [0.5, 0.6) is 17.2 Å². The Morgan fingerprint density at radius 2 is 1.88 bits per heavy atom. The summed E-state index contributed by atoms with van der Waals surface area (Å²) in [6.45, 7) is 4.04. The predicted octanol–water partition coefficient (Wildman–Crippen LogP) is 3.84. The third kappa shape index (κ3) is 3.65. The van der Waals surface area contributed by atoms with Gasteiger partial charge in [0.15, 0.2) is 18.2 Å². The molecule has 0 unspecified atom stereocenters. The number of hydrogen-bond acceptors (Lipinski definition) is 4. The van der Waals surface area contributed by atoms with Crippen LogP contribution in [-0.2, 0) is 0 Å². The van der Waals surface area contributed by atoms with Crippen molar-refractivity contribution in [2.45, 2.75) is 13.8 Å². The van der Waals surface area contributed by atoms with Crippen molar-refractivity contribution >= 4 is 23.3 Å². The van der Waals surface area contributed by atoms with Crippen molar-refractivity contribution in [3.05, 3.63) is 46.5 Å². The van der Waals surface area contributed by atoms with Crippen LogP contribution in [0.1, 0.15) is 11.1 Å². The molecule has 24 heavy (non-hydrogen) atoms. The van der Waals surface area contributed by atoms with E-state index in [2.05, 4.69) is 10.6 Å². The first kappa shape index (κ1) is 16.3. The number of anilines is 1. The lowest BCUT2D eigenvalue weighted by Crippen LogP contribution is -2.32. The molecule has 0 aliphatic carbocycles. The van der Waals surface area contributed by atoms with Crippen LogP contribution in [0.3, 0.4) is 0 Å². The van der Waals surface area contributed by atoms with E-state index in [0.717, 1.165) is 16.1 Å². The molecule has 7 heteroatoms. The van der Waals surface area contributed by atoms with Gasteiger partial charge in [0.25, 0.3) is 0 Å². The number of rotatable bonds is 4. The largest absolute Gasteiger partial charge is 0.473 e. The van der Waals surface area contributed by atoms with Gasteiger partial charge >= 0.3 is 6.03 Å². The second-order valence-electron chi connectivity index (χ2n) is 5.36. The number of aryl methyl sites for hydroxylation is 2. The summed E-state index contributed by atoms with van der Waals surface area (Å²) in [6, 6.07) is 8.46. The Morgan fingerprint density at radius 3 is 2.62 bits per heavy atom. The van der Waals surface area contributed by atoms with E-state index >= 15 is 0 Å². The van der Waals surface area contributed by atoms with E-state index in [1.807, 2.05) is 26.0 Å². The Bertz CT molecular complexity index is 756. The van der Waals surface area contributed by atoms with Crippen LogP contribution >= 0.6 is 11.6 Å². The molecule has 2 aromatic rings. The summed E-state index contributed by atoms with van der Waals surface area (Å²) < 4.78 is 16.0. The molecule has 0 aromatic heterocycles. The van der Waals surface area contributed by atoms with Gasteiger partial charge in [-0.25, -0.2) is 4.79 Å². The molecule has 1 aliphatic heterocycles. The van der Waals surface area contributed by atoms with Gasteiger partial charge < -0.3 is 24.8 Å². The molecule has 6 nitrogen and oxygen atoms in total. The van der Waals surface area contributed by atoms with Crippen LogP contribution in [-0.4, -0.2) is 19.6 Å². The van der Waals surface area contributed by atoms with Gasteiger partial charge in [0.1, 0.15) is 5.75 Å². The van der Waals surface area contributed by atoms with Gasteiger partial charge in [-0.3, -0.25) is 0 Å². The molecule has 3 rings (SSSR count). The highest BCUT2D eigenvalue weighted by molar-refractivity contribution is 6.32. The topological polar surface area (TPSA) is 68.8 Å². The maximum absolute atomic E-state index is 11.9. The van der Waals surface area contributed by atoms with Crippen molar-refractivity contribution in [1.29, 1.82) is 0 Å². The summed E-state index contributed by atoms with van der Waals surface area (Å²) in [5, 5.41) is 6.05. The second kappa shape index (κ2) is 6.88. The molecule has 0 radical (unpaired) electrons. The summed E-state index contributed by atoms with van der Waals surface area (Å²) in [5.41, 5.74) is 2.46. The minimum absolute atomic E-state index is 0.0386. The summed E-state index contributed by atoms with van der Waals surface area (Å²) >= 11 is 6.11. The monoisotopic (exact) mass is 348 g/mol. The van der Waals surface area contributed by atoms with Crippen LogP contribution in [0.2, 0.25) is 5.02 Å². The van der Waals surface area contributed by atoms with Gasteiger partial charge in [-0.1, -0.05) is 11.6 Å². The quantitative estimate of drug-likeness (QED) is 0.824. The van der Waals surface area contributed by atoms with Gasteiger partial charge in [0, 0.05) is 16.8 Å². The van der Waals surface area contributed by atoms with E-state index in [4.69, 9.17) is 25.8 Å². The van der Waals surface area contributed by atoms with Crippen LogP contribution in [0, 0.1) is 13.8 Å². The number of ether oxygens (including phenoxy) is 3. The molecular formula is C17H17ClN2O4. The fraction of sp³-hybridized carbons (Fsp3) is 0.235. The zero-order valence-corrected chi connectivity index (χ0v) is 14.1. The van der Waals surface area contributed by atoms with Gasteiger partial charge in [-0.15, -0.1) is 0 Å². The number of carbonyl (C=O) groups excluding carboxylic acids is 1. The van der Waals surface area contributed by atoms with Crippen molar-refractivity contribution in [2.24, 2.45) is 0 Å². The van der Waals surface area contributed by atoms with E-state index in [1.165, 1.54) is 0 Å². The van der Waals surface area contributed by atoms with Crippen LogP contribution in [0.4, 0.5) is 10.5 Å². The summed E-state index contributed by atoms with van der Waals surface area (Å²) in [5.74, 6) is 1.92. The van der Waals surface area contributed by atoms with E-state index in [-0.39, 0.29) is 19.6 Å². The van der Waals surface area contributed by atoms with Gasteiger partial charge in [0.2, 0.25) is 6.79 Å². The molecule has 0 fully saturated rings. The fourth-order valence-electron chi connectivity index (χ4n) is 2.32. The first-order valence-corrected chi connectivity index (χ1v) is 7.75. The first-order chi connectivity index (χ1) is 11.5. The number of carbonyl (C=O) groups is 1. The van der Waals surface area contributed by atoms with Crippen molar-refractivity contribution in [3.63, 3.8) is 0 Å². The molecule has 2 aromatic carbocycles. The number of fused-ring (bicyclic) bond motifs is 1. The number of hydrogen-bond donors (Lipinski definition) is 2. The predicted molar refractivity (Wildman–Crippen MR) is 91.1 cm³/mol. The van der Waals surface area contributed by atoms with Gasteiger partial charge in [-0.2, -0.15) is 0 Å². The molecule has 0 atom stereocenters. The number of amides is 2. The Morgan fingerprint density at radius 1 is 1.17 bits per heavy atom. The van der Waals surface area contributed by atoms with Crippen molar-refractivity contribution in [3.8, 4) is 17.2 Å². The number of urea groups is 1. The molecule has 1 aliphatic rings. The first-order valence-electron chi connectivity index (χ1n) is 7.37. The van der Waals surface area contributed by atoms with E-state index in [1.54, 1.807) is 18.2 Å². The van der Waals surface area contributed by atoms with Crippen molar-refractivity contribution < 1.29 is 19.0 Å². The average molecular weight is 349 g/mol. The molecule has 0 saturated heterocycles. The molecule has 126 valence electrons. The van der Waals surface area contributed by atoms with Crippen LogP contribution in [0.25, 0.3) is 0 Å². The fourth-order valence-corrected chi connectivity index (χ4v) is 2.43. The minimum atomic E-state index is -0.378. The Balaban J connectivity index is 1.51. The maximum atomic E-state index is 11.9. The Hall–Kier alpha value is -2.60. The van der Waals surface area contributed by atoms with Gasteiger partial charge in [-0.05, 0) is 49.2 Å². The number of benzene rings is 2. The standard InChI is InChI=1S/C17H17ClN2O4/c1-10-5-13(6-11(2)16(10)18)22-8-19-17(21)20-12-3-4-14-15(7-12)24-9-23-14/h3-7H,8-9H2,1-2H3,(H2,19,20,21). The molecular weight excluding hydrogens is 332 g/mol. The van der Waals surface area contributed by atoms with Crippen LogP contribution < -0.4 is 24.8 Å². The smallest absolute Gasteiger partial charge is 0.321 e. The van der Waals surface area contributed by atoms with Crippen molar-refractivity contribution in [1.82, 2.24) is 5.32 Å². The third-order valence-electron chi connectivity index (χ3n) is 3.51. The molecule has 2 N–H and O–H groups in total. The Kier molecular flexibility index (Phi) is 4.66. The highest BCUT2D eigenvalue weighted by Crippen LogP contribution is 2.34. The molecule has 0 bridgehead atoms. The molecule has 0 spiro atoms. The maximum Gasteiger partial charge on any atom is 0.321 e. The zero-order chi connectivity index (χ0) is 17.1. The Labute approximate surface area is 144 Å². The van der Waals surface area contributed by atoms with Crippen molar-refractivity contribution in [2.75, 3.05) is 18.8 Å².